The number of aliphatic carboxylic acids is 1. The highest BCUT2D eigenvalue weighted by Crippen LogP contribution is 2.12. The van der Waals surface area contributed by atoms with Crippen molar-refractivity contribution in [2.75, 3.05) is 13.2 Å². The molecule has 0 aromatic heterocycles. The molecule has 25 heavy (non-hydrogen) atoms. The largest absolute Gasteiger partial charge is 0.478 e. The topological polar surface area (TPSA) is 89.9 Å². The van der Waals surface area contributed by atoms with E-state index in [0.29, 0.717) is 13.2 Å². The average Bonchev–Trinajstić information content (AvgIpc) is 2.62. The van der Waals surface area contributed by atoms with Crippen LogP contribution in [0.5, 0.6) is 0 Å². The van der Waals surface area contributed by atoms with Gasteiger partial charge in [-0.15, -0.1) is 0 Å². The minimum absolute atomic E-state index is 0.269. The van der Waals surface area contributed by atoms with Crippen molar-refractivity contribution in [3.63, 3.8) is 0 Å². The summed E-state index contributed by atoms with van der Waals surface area (Å²) < 4.78 is 10.3. The molecule has 0 fully saturated rings. The van der Waals surface area contributed by atoms with Crippen LogP contribution in [0.1, 0.15) is 60.2 Å². The van der Waals surface area contributed by atoms with Crippen LogP contribution in [-0.4, -0.2) is 36.2 Å². The predicted octanol–water partition coefficient (Wildman–Crippen LogP) is 3.86. The molecule has 1 aromatic carbocycles. The standard InChI is InChI=1S/C16H22O4.C3H4O2/c1-3-5-11-19-15(17)13-9-7-8-10-14(13)16(18)20-12-6-4-2;1-2-3(4)5/h7-10H,3-6,11-12H2,1-2H3;2H,1H2,(H,4,5). The van der Waals surface area contributed by atoms with Crippen LogP contribution in [0.25, 0.3) is 0 Å². The molecule has 138 valence electrons. The second kappa shape index (κ2) is 13.8. The van der Waals surface area contributed by atoms with Gasteiger partial charge in [0.05, 0.1) is 24.3 Å². The van der Waals surface area contributed by atoms with Crippen LogP contribution in [0.15, 0.2) is 36.9 Å². The van der Waals surface area contributed by atoms with Gasteiger partial charge in [-0.25, -0.2) is 14.4 Å². The summed E-state index contributed by atoms with van der Waals surface area (Å²) in [6.07, 6.45) is 4.37. The molecule has 0 aliphatic carbocycles. The van der Waals surface area contributed by atoms with Crippen LogP contribution in [0.3, 0.4) is 0 Å². The molecular formula is C19H26O6. The van der Waals surface area contributed by atoms with Crippen molar-refractivity contribution in [3.8, 4) is 0 Å². The Hall–Kier alpha value is -2.63. The van der Waals surface area contributed by atoms with Gasteiger partial charge in [0.1, 0.15) is 0 Å². The molecule has 0 bridgehead atoms. The third kappa shape index (κ3) is 9.96. The Labute approximate surface area is 148 Å². The molecule has 0 amide bonds. The third-order valence-corrected chi connectivity index (χ3v) is 3.00. The van der Waals surface area contributed by atoms with Crippen LogP contribution in [0.4, 0.5) is 0 Å². The SMILES string of the molecule is C=CC(=O)O.CCCCOC(=O)c1ccccc1C(=O)OCCCC. The lowest BCUT2D eigenvalue weighted by Gasteiger charge is -2.09. The van der Waals surface area contributed by atoms with Gasteiger partial charge in [-0.1, -0.05) is 45.4 Å². The third-order valence-electron chi connectivity index (χ3n) is 3.00. The highest BCUT2D eigenvalue weighted by molar-refractivity contribution is 6.03. The number of carbonyl (C=O) groups is 3. The van der Waals surface area contributed by atoms with Crippen molar-refractivity contribution in [1.82, 2.24) is 0 Å². The van der Waals surface area contributed by atoms with Gasteiger partial charge < -0.3 is 14.6 Å². The first-order valence-corrected chi connectivity index (χ1v) is 8.26. The first kappa shape index (κ1) is 22.4. The normalized spacial score (nSPS) is 9.36. The molecule has 0 radical (unpaired) electrons. The van der Waals surface area contributed by atoms with Gasteiger partial charge in [0.2, 0.25) is 0 Å². The number of carboxylic acids is 1. The van der Waals surface area contributed by atoms with E-state index in [0.717, 1.165) is 31.8 Å². The Balaban J connectivity index is 0.00000101. The van der Waals surface area contributed by atoms with Gasteiger partial charge in [0, 0.05) is 6.08 Å². The van der Waals surface area contributed by atoms with E-state index in [9.17, 15) is 14.4 Å². The fourth-order valence-electron chi connectivity index (χ4n) is 1.61. The molecular weight excluding hydrogens is 324 g/mol. The van der Waals surface area contributed by atoms with E-state index in [-0.39, 0.29) is 11.1 Å². The van der Waals surface area contributed by atoms with Crippen molar-refractivity contribution >= 4 is 17.9 Å². The zero-order valence-corrected chi connectivity index (χ0v) is 14.8. The molecule has 0 heterocycles. The fraction of sp³-hybridized carbons (Fsp3) is 0.421. The van der Waals surface area contributed by atoms with Gasteiger partial charge in [0.15, 0.2) is 0 Å². The fourth-order valence-corrected chi connectivity index (χ4v) is 1.61. The van der Waals surface area contributed by atoms with Gasteiger partial charge in [-0.05, 0) is 25.0 Å². The molecule has 0 aliphatic heterocycles. The number of esters is 2. The Morgan fingerprint density at radius 1 is 0.960 bits per heavy atom. The Bertz CT molecular complexity index is 524. The predicted molar refractivity (Wildman–Crippen MR) is 94.7 cm³/mol. The van der Waals surface area contributed by atoms with E-state index in [2.05, 4.69) is 6.58 Å². The lowest BCUT2D eigenvalue weighted by molar-refractivity contribution is -0.131. The summed E-state index contributed by atoms with van der Waals surface area (Å²) in [6.45, 7) is 7.74. The number of ether oxygens (including phenoxy) is 2. The summed E-state index contributed by atoms with van der Waals surface area (Å²) in [5, 5.41) is 7.60. The van der Waals surface area contributed by atoms with E-state index in [1.165, 1.54) is 0 Å². The second-order valence-electron chi connectivity index (χ2n) is 5.07. The molecule has 0 unspecified atom stereocenters. The number of carbonyl (C=O) groups excluding carboxylic acids is 2. The molecule has 1 rings (SSSR count). The van der Waals surface area contributed by atoms with Gasteiger partial charge in [0.25, 0.3) is 0 Å². The van der Waals surface area contributed by atoms with E-state index in [4.69, 9.17) is 14.6 Å². The molecule has 0 aliphatic rings. The number of hydrogen-bond acceptors (Lipinski definition) is 5. The molecule has 0 saturated heterocycles. The zero-order valence-electron chi connectivity index (χ0n) is 14.8. The lowest BCUT2D eigenvalue weighted by atomic mass is 10.1. The van der Waals surface area contributed by atoms with E-state index < -0.39 is 17.9 Å². The maximum Gasteiger partial charge on any atom is 0.339 e. The lowest BCUT2D eigenvalue weighted by Crippen LogP contribution is -2.14. The van der Waals surface area contributed by atoms with E-state index >= 15 is 0 Å². The van der Waals surface area contributed by atoms with Crippen molar-refractivity contribution in [2.24, 2.45) is 0 Å². The minimum Gasteiger partial charge on any atom is -0.478 e. The summed E-state index contributed by atoms with van der Waals surface area (Å²) in [5.74, 6) is -1.92. The summed E-state index contributed by atoms with van der Waals surface area (Å²) in [4.78, 5) is 33.1. The Morgan fingerprint density at radius 2 is 1.32 bits per heavy atom. The highest BCUT2D eigenvalue weighted by atomic mass is 16.5. The average molecular weight is 350 g/mol. The quantitative estimate of drug-likeness (QED) is 0.413. The van der Waals surface area contributed by atoms with E-state index in [1.807, 2.05) is 13.8 Å². The molecule has 0 saturated carbocycles. The molecule has 0 spiro atoms. The van der Waals surface area contributed by atoms with E-state index in [1.54, 1.807) is 24.3 Å². The highest BCUT2D eigenvalue weighted by Gasteiger charge is 2.18. The van der Waals surface area contributed by atoms with Crippen molar-refractivity contribution < 1.29 is 29.0 Å². The molecule has 1 N–H and O–H groups in total. The molecule has 0 atom stereocenters. The summed E-state index contributed by atoms with van der Waals surface area (Å²) in [5.41, 5.74) is 0.537. The second-order valence-corrected chi connectivity index (χ2v) is 5.07. The molecule has 6 heteroatoms. The number of benzene rings is 1. The molecule has 6 nitrogen and oxygen atoms in total. The van der Waals surface area contributed by atoms with Crippen molar-refractivity contribution in [2.45, 2.75) is 39.5 Å². The van der Waals surface area contributed by atoms with Gasteiger partial charge in [-0.2, -0.15) is 0 Å². The van der Waals surface area contributed by atoms with Crippen molar-refractivity contribution in [1.29, 1.82) is 0 Å². The van der Waals surface area contributed by atoms with Crippen LogP contribution in [-0.2, 0) is 14.3 Å². The van der Waals surface area contributed by atoms with Gasteiger partial charge in [-0.3, -0.25) is 0 Å². The van der Waals surface area contributed by atoms with Gasteiger partial charge >= 0.3 is 17.9 Å². The summed E-state index contributed by atoms with van der Waals surface area (Å²) >= 11 is 0. The van der Waals surface area contributed by atoms with Crippen LogP contribution < -0.4 is 0 Å². The smallest absolute Gasteiger partial charge is 0.339 e. The number of unbranched alkanes of at least 4 members (excludes halogenated alkanes) is 2. The Morgan fingerprint density at radius 3 is 1.60 bits per heavy atom. The first-order chi connectivity index (χ1) is 12.0. The zero-order chi connectivity index (χ0) is 19.1. The summed E-state index contributed by atoms with van der Waals surface area (Å²) in [6, 6.07) is 6.59. The molecule has 1 aromatic rings. The number of hydrogen-bond donors (Lipinski definition) is 1. The number of carboxylic acid groups (broad SMARTS) is 1. The maximum absolute atomic E-state index is 11.9. The van der Waals surface area contributed by atoms with Crippen LogP contribution in [0, 0.1) is 0 Å². The Kier molecular flexibility index (Phi) is 12.3. The van der Waals surface area contributed by atoms with Crippen LogP contribution in [0.2, 0.25) is 0 Å². The summed E-state index contributed by atoms with van der Waals surface area (Å²) in [7, 11) is 0. The number of rotatable bonds is 9. The first-order valence-electron chi connectivity index (χ1n) is 8.26. The minimum atomic E-state index is -0.981. The van der Waals surface area contributed by atoms with Crippen molar-refractivity contribution in [3.05, 3.63) is 48.0 Å². The van der Waals surface area contributed by atoms with Crippen LogP contribution >= 0.6 is 0 Å². The maximum atomic E-state index is 11.9. The monoisotopic (exact) mass is 350 g/mol.